The van der Waals surface area contributed by atoms with Gasteiger partial charge in [0.05, 0.1) is 12.0 Å². The first-order valence-electron chi connectivity index (χ1n) is 6.33. The third-order valence-electron chi connectivity index (χ3n) is 2.94. The summed E-state index contributed by atoms with van der Waals surface area (Å²) < 4.78 is 7.15. The van der Waals surface area contributed by atoms with Crippen LogP contribution in [-0.4, -0.2) is 21.1 Å². The summed E-state index contributed by atoms with van der Waals surface area (Å²) in [6.45, 7) is 4.75. The summed E-state index contributed by atoms with van der Waals surface area (Å²) in [6.07, 6.45) is 2.54. The molecule has 98 valence electrons. The third kappa shape index (κ3) is 2.45. The van der Waals surface area contributed by atoms with E-state index in [2.05, 4.69) is 15.4 Å². The highest BCUT2D eigenvalue weighted by Crippen LogP contribution is 2.13. The number of hydrogen-bond donors (Lipinski definition) is 1. The molecule has 0 atom stereocenters. The first kappa shape index (κ1) is 11.8. The summed E-state index contributed by atoms with van der Waals surface area (Å²) in [4.78, 5) is 4.46. The van der Waals surface area contributed by atoms with E-state index in [1.807, 2.05) is 42.6 Å². The van der Waals surface area contributed by atoms with Crippen LogP contribution in [0.5, 0.6) is 0 Å². The lowest BCUT2D eigenvalue weighted by atomic mass is 10.3. The Labute approximate surface area is 111 Å². The quantitative estimate of drug-likeness (QED) is 0.779. The van der Waals surface area contributed by atoms with Crippen molar-refractivity contribution in [2.24, 2.45) is 0 Å². The molecule has 0 saturated heterocycles. The number of nitrogens with zero attached hydrogens (tertiary/aromatic N) is 3. The average molecular weight is 256 g/mol. The van der Waals surface area contributed by atoms with Gasteiger partial charge in [0.2, 0.25) is 0 Å². The third-order valence-corrected chi connectivity index (χ3v) is 2.94. The maximum Gasteiger partial charge on any atom is 0.157 e. The highest BCUT2D eigenvalue weighted by atomic mass is 16.3. The Morgan fingerprint density at radius 2 is 2.16 bits per heavy atom. The molecule has 0 spiro atoms. The molecule has 1 N–H and O–H groups in total. The van der Waals surface area contributed by atoms with Crippen LogP contribution in [0.2, 0.25) is 0 Å². The van der Waals surface area contributed by atoms with Crippen LogP contribution in [0.1, 0.15) is 17.1 Å². The van der Waals surface area contributed by atoms with Crippen LogP contribution >= 0.6 is 0 Å². The van der Waals surface area contributed by atoms with Crippen molar-refractivity contribution < 1.29 is 4.42 Å². The lowest BCUT2D eigenvalue weighted by Gasteiger charge is -2.08. The molecule has 0 aliphatic rings. The molecule has 3 rings (SSSR count). The van der Waals surface area contributed by atoms with E-state index in [1.54, 1.807) is 6.26 Å². The highest BCUT2D eigenvalue weighted by Gasteiger charge is 2.06. The van der Waals surface area contributed by atoms with Crippen LogP contribution in [-0.2, 0) is 6.42 Å². The predicted octanol–water partition coefficient (Wildman–Crippen LogP) is 2.59. The molecular weight excluding hydrogens is 240 g/mol. The summed E-state index contributed by atoms with van der Waals surface area (Å²) in [7, 11) is 0. The molecule has 0 aromatic carbocycles. The smallest absolute Gasteiger partial charge is 0.157 e. The minimum atomic E-state index is 0.797. The van der Waals surface area contributed by atoms with E-state index in [9.17, 15) is 0 Å². The van der Waals surface area contributed by atoms with Crippen LogP contribution in [0, 0.1) is 13.8 Å². The zero-order valence-electron chi connectivity index (χ0n) is 11.1. The van der Waals surface area contributed by atoms with Gasteiger partial charge in [-0.05, 0) is 26.0 Å². The maximum atomic E-state index is 5.31. The Balaban J connectivity index is 1.79. The summed E-state index contributed by atoms with van der Waals surface area (Å²) in [5.74, 6) is 1.94. The van der Waals surface area contributed by atoms with Crippen molar-refractivity contribution in [3.63, 3.8) is 0 Å². The van der Waals surface area contributed by atoms with Gasteiger partial charge in [-0.25, -0.2) is 4.98 Å². The minimum absolute atomic E-state index is 0.797. The van der Waals surface area contributed by atoms with Crippen LogP contribution < -0.4 is 5.32 Å². The van der Waals surface area contributed by atoms with E-state index in [0.717, 1.165) is 41.6 Å². The number of aromatic nitrogens is 3. The first-order valence-corrected chi connectivity index (χ1v) is 6.33. The number of nitrogens with one attached hydrogen (secondary N) is 1. The fourth-order valence-electron chi connectivity index (χ4n) is 2.11. The molecule has 5 nitrogen and oxygen atoms in total. The fraction of sp³-hybridized carbons (Fsp3) is 0.286. The Hall–Kier alpha value is -2.30. The molecule has 19 heavy (non-hydrogen) atoms. The predicted molar refractivity (Wildman–Crippen MR) is 73.4 cm³/mol. The van der Waals surface area contributed by atoms with Crippen molar-refractivity contribution in [1.82, 2.24) is 14.6 Å². The van der Waals surface area contributed by atoms with Gasteiger partial charge in [-0.1, -0.05) is 0 Å². The standard InChI is InChI=1S/C14H16N4O/c1-10-8-13(15-6-5-12-4-3-7-19-12)18-14(16-10)9-11(2)17-18/h3-4,7-9,15H,5-6H2,1-2H3. The lowest BCUT2D eigenvalue weighted by molar-refractivity contribution is 0.512. The van der Waals surface area contributed by atoms with Crippen LogP contribution in [0.3, 0.4) is 0 Å². The molecule has 0 unspecified atom stereocenters. The Bertz CT molecular complexity index is 685. The van der Waals surface area contributed by atoms with Gasteiger partial charge >= 0.3 is 0 Å². The molecule has 3 heterocycles. The van der Waals surface area contributed by atoms with Crippen LogP contribution in [0.25, 0.3) is 5.65 Å². The van der Waals surface area contributed by atoms with Gasteiger partial charge in [-0.15, -0.1) is 0 Å². The van der Waals surface area contributed by atoms with E-state index in [4.69, 9.17) is 4.42 Å². The van der Waals surface area contributed by atoms with Crippen molar-refractivity contribution in [2.45, 2.75) is 20.3 Å². The summed E-state index contributed by atoms with van der Waals surface area (Å²) in [5.41, 5.74) is 2.82. The molecule has 0 fully saturated rings. The van der Waals surface area contributed by atoms with Gasteiger partial charge in [-0.3, -0.25) is 0 Å². The number of furan rings is 1. The molecular formula is C14H16N4O. The van der Waals surface area contributed by atoms with E-state index in [1.165, 1.54) is 0 Å². The zero-order valence-corrected chi connectivity index (χ0v) is 11.1. The number of fused-ring (bicyclic) bond motifs is 1. The summed E-state index contributed by atoms with van der Waals surface area (Å²) >= 11 is 0. The van der Waals surface area contributed by atoms with Gasteiger partial charge in [0, 0.05) is 30.8 Å². The first-order chi connectivity index (χ1) is 9.22. The van der Waals surface area contributed by atoms with E-state index in [-0.39, 0.29) is 0 Å². The molecule has 5 heteroatoms. The topological polar surface area (TPSA) is 55.4 Å². The fourth-order valence-corrected chi connectivity index (χ4v) is 2.11. The molecule has 0 radical (unpaired) electrons. The molecule has 3 aromatic rings. The summed E-state index contributed by atoms with van der Waals surface area (Å²) in [6, 6.07) is 7.86. The van der Waals surface area contributed by atoms with Gasteiger partial charge in [0.15, 0.2) is 5.65 Å². The van der Waals surface area contributed by atoms with E-state index in [0.29, 0.717) is 0 Å². The minimum Gasteiger partial charge on any atom is -0.469 e. The second-order valence-corrected chi connectivity index (χ2v) is 4.59. The molecule has 0 saturated carbocycles. The van der Waals surface area contributed by atoms with Crippen LogP contribution in [0.4, 0.5) is 5.82 Å². The summed E-state index contributed by atoms with van der Waals surface area (Å²) in [5, 5.41) is 7.82. The van der Waals surface area contributed by atoms with Crippen molar-refractivity contribution in [1.29, 1.82) is 0 Å². The van der Waals surface area contributed by atoms with Gasteiger partial charge < -0.3 is 9.73 Å². The second-order valence-electron chi connectivity index (χ2n) is 4.59. The maximum absolute atomic E-state index is 5.31. The lowest BCUT2D eigenvalue weighted by Crippen LogP contribution is -2.09. The monoisotopic (exact) mass is 256 g/mol. The van der Waals surface area contributed by atoms with Crippen molar-refractivity contribution in [3.8, 4) is 0 Å². The normalized spacial score (nSPS) is 11.1. The molecule has 0 aliphatic heterocycles. The highest BCUT2D eigenvalue weighted by molar-refractivity contribution is 5.50. The average Bonchev–Trinajstić information content (AvgIpc) is 2.97. The van der Waals surface area contributed by atoms with Gasteiger partial charge in [0.1, 0.15) is 11.6 Å². The molecule has 0 bridgehead atoms. The van der Waals surface area contributed by atoms with Gasteiger partial charge in [-0.2, -0.15) is 9.61 Å². The number of anilines is 1. The number of hydrogen-bond acceptors (Lipinski definition) is 4. The van der Waals surface area contributed by atoms with E-state index >= 15 is 0 Å². The van der Waals surface area contributed by atoms with E-state index < -0.39 is 0 Å². The van der Waals surface area contributed by atoms with Crippen molar-refractivity contribution in [3.05, 3.63) is 47.7 Å². The molecule has 0 aliphatic carbocycles. The Morgan fingerprint density at radius 3 is 2.95 bits per heavy atom. The van der Waals surface area contributed by atoms with Crippen molar-refractivity contribution >= 4 is 11.5 Å². The Morgan fingerprint density at radius 1 is 1.26 bits per heavy atom. The Kier molecular flexibility index (Phi) is 2.95. The molecule has 3 aromatic heterocycles. The van der Waals surface area contributed by atoms with Crippen LogP contribution in [0.15, 0.2) is 34.9 Å². The largest absolute Gasteiger partial charge is 0.469 e. The van der Waals surface area contributed by atoms with Crippen molar-refractivity contribution in [2.75, 3.05) is 11.9 Å². The number of rotatable bonds is 4. The number of aryl methyl sites for hydroxylation is 2. The molecule has 0 amide bonds. The SMILES string of the molecule is Cc1cc(NCCc2ccco2)n2nc(C)cc2n1. The zero-order chi connectivity index (χ0) is 13.2. The van der Waals surface area contributed by atoms with Gasteiger partial charge in [0.25, 0.3) is 0 Å². The second kappa shape index (κ2) is 4.76.